The van der Waals surface area contributed by atoms with Gasteiger partial charge in [0.15, 0.2) is 0 Å². The third kappa shape index (κ3) is 5.34. The Kier molecular flexibility index (Phi) is 6.15. The average molecular weight is 359 g/mol. The van der Waals surface area contributed by atoms with Crippen molar-refractivity contribution in [3.05, 3.63) is 40.4 Å². The highest BCUT2D eigenvalue weighted by Crippen LogP contribution is 2.19. The lowest BCUT2D eigenvalue weighted by atomic mass is 10.1. The van der Waals surface area contributed by atoms with Gasteiger partial charge in [-0.25, -0.2) is 0 Å². The minimum absolute atomic E-state index is 0.128. The maximum Gasteiger partial charge on any atom is 0.257 e. The van der Waals surface area contributed by atoms with Crippen molar-refractivity contribution < 1.29 is 4.79 Å². The molecule has 2 aromatic rings. The van der Waals surface area contributed by atoms with Crippen LogP contribution in [-0.4, -0.2) is 34.1 Å². The summed E-state index contributed by atoms with van der Waals surface area (Å²) in [5.41, 5.74) is 1.91. The molecule has 1 fully saturated rings. The fourth-order valence-electron chi connectivity index (χ4n) is 3.04. The topological polar surface area (TPSA) is 58.1 Å². The second-order valence-corrected chi connectivity index (χ2v) is 8.15. The largest absolute Gasteiger partial charge is 0.299 e. The lowest BCUT2D eigenvalue weighted by Crippen LogP contribution is -2.29. The van der Waals surface area contributed by atoms with Gasteiger partial charge in [0.25, 0.3) is 5.91 Å². The van der Waals surface area contributed by atoms with Crippen molar-refractivity contribution in [3.63, 3.8) is 0 Å². The van der Waals surface area contributed by atoms with Crippen LogP contribution in [0.2, 0.25) is 0 Å². The molecule has 1 saturated heterocycles. The summed E-state index contributed by atoms with van der Waals surface area (Å²) >= 11 is 1.45. The molecule has 0 bridgehead atoms. The minimum atomic E-state index is -0.128. The Labute approximate surface area is 153 Å². The van der Waals surface area contributed by atoms with E-state index in [0.29, 0.717) is 16.6 Å². The SMILES string of the molecule is CC(C)Cc1nnc(NC(=O)c2ccc(CN3CCCCC3)cc2)s1. The summed E-state index contributed by atoms with van der Waals surface area (Å²) in [7, 11) is 0. The first-order valence-electron chi connectivity index (χ1n) is 9.05. The van der Waals surface area contributed by atoms with E-state index in [1.54, 1.807) is 0 Å². The molecule has 25 heavy (non-hydrogen) atoms. The number of nitrogens with zero attached hydrogens (tertiary/aromatic N) is 3. The first-order chi connectivity index (χ1) is 12.1. The van der Waals surface area contributed by atoms with Crippen molar-refractivity contribution in [3.8, 4) is 0 Å². The molecular weight excluding hydrogens is 332 g/mol. The summed E-state index contributed by atoms with van der Waals surface area (Å²) in [5.74, 6) is 0.403. The number of piperidine rings is 1. The summed E-state index contributed by atoms with van der Waals surface area (Å²) in [6, 6.07) is 7.89. The van der Waals surface area contributed by atoms with E-state index in [1.165, 1.54) is 49.3 Å². The number of amides is 1. The van der Waals surface area contributed by atoms with Gasteiger partial charge < -0.3 is 0 Å². The second kappa shape index (κ2) is 8.54. The fourth-order valence-corrected chi connectivity index (χ4v) is 3.99. The van der Waals surface area contributed by atoms with Crippen molar-refractivity contribution in [2.75, 3.05) is 18.4 Å². The van der Waals surface area contributed by atoms with Crippen LogP contribution in [0, 0.1) is 5.92 Å². The standard InChI is InChI=1S/C19H26N4OS/c1-14(2)12-17-21-22-19(25-17)20-18(24)16-8-6-15(7-9-16)13-23-10-4-3-5-11-23/h6-9,14H,3-5,10-13H2,1-2H3,(H,20,22,24). The quantitative estimate of drug-likeness (QED) is 0.849. The summed E-state index contributed by atoms with van der Waals surface area (Å²) in [6.45, 7) is 7.61. The van der Waals surface area contributed by atoms with Gasteiger partial charge in [-0.2, -0.15) is 0 Å². The molecule has 0 unspecified atom stereocenters. The normalized spacial score (nSPS) is 15.5. The Morgan fingerprint density at radius 3 is 2.56 bits per heavy atom. The van der Waals surface area contributed by atoms with Crippen LogP contribution < -0.4 is 5.32 Å². The maximum absolute atomic E-state index is 12.4. The van der Waals surface area contributed by atoms with E-state index in [4.69, 9.17) is 0 Å². The lowest BCUT2D eigenvalue weighted by molar-refractivity contribution is 0.102. The molecule has 1 aromatic heterocycles. The van der Waals surface area contributed by atoms with Crippen molar-refractivity contribution in [2.45, 2.75) is 46.1 Å². The van der Waals surface area contributed by atoms with Gasteiger partial charge in [0.05, 0.1) is 0 Å². The number of anilines is 1. The van der Waals surface area contributed by atoms with Gasteiger partial charge in [0.1, 0.15) is 5.01 Å². The predicted octanol–water partition coefficient (Wildman–Crippen LogP) is 3.97. The molecule has 1 aliphatic rings. The number of nitrogens with one attached hydrogen (secondary N) is 1. The molecule has 0 spiro atoms. The van der Waals surface area contributed by atoms with Gasteiger partial charge in [0.2, 0.25) is 5.13 Å². The van der Waals surface area contributed by atoms with Crippen molar-refractivity contribution >= 4 is 22.4 Å². The molecule has 0 radical (unpaired) electrons. The van der Waals surface area contributed by atoms with Crippen molar-refractivity contribution in [2.24, 2.45) is 5.92 Å². The number of carbonyl (C=O) groups excluding carboxylic acids is 1. The first kappa shape index (κ1) is 18.0. The molecular formula is C19H26N4OS. The molecule has 2 heterocycles. The average Bonchev–Trinajstić information content (AvgIpc) is 3.02. The van der Waals surface area contributed by atoms with Gasteiger partial charge in [-0.05, 0) is 49.5 Å². The molecule has 1 aliphatic heterocycles. The first-order valence-corrected chi connectivity index (χ1v) is 9.87. The Morgan fingerprint density at radius 1 is 1.16 bits per heavy atom. The van der Waals surface area contributed by atoms with Crippen LogP contribution in [0.4, 0.5) is 5.13 Å². The van der Waals surface area contributed by atoms with E-state index >= 15 is 0 Å². The van der Waals surface area contributed by atoms with Gasteiger partial charge in [0, 0.05) is 18.5 Å². The molecule has 0 saturated carbocycles. The molecule has 5 nitrogen and oxygen atoms in total. The van der Waals surface area contributed by atoms with Crippen LogP contribution >= 0.6 is 11.3 Å². The van der Waals surface area contributed by atoms with Crippen molar-refractivity contribution in [1.82, 2.24) is 15.1 Å². The lowest BCUT2D eigenvalue weighted by Gasteiger charge is -2.26. The van der Waals surface area contributed by atoms with E-state index in [2.05, 4.69) is 34.3 Å². The predicted molar refractivity (Wildman–Crippen MR) is 102 cm³/mol. The monoisotopic (exact) mass is 358 g/mol. The van der Waals surface area contributed by atoms with E-state index in [-0.39, 0.29) is 5.91 Å². The zero-order valence-corrected chi connectivity index (χ0v) is 15.8. The molecule has 0 atom stereocenters. The Hall–Kier alpha value is -1.79. The zero-order valence-electron chi connectivity index (χ0n) is 15.0. The van der Waals surface area contributed by atoms with Crippen LogP contribution in [0.25, 0.3) is 0 Å². The Balaban J connectivity index is 1.55. The minimum Gasteiger partial charge on any atom is -0.299 e. The van der Waals surface area contributed by atoms with E-state index < -0.39 is 0 Å². The molecule has 134 valence electrons. The summed E-state index contributed by atoms with van der Waals surface area (Å²) in [6.07, 6.45) is 4.82. The van der Waals surface area contributed by atoms with Gasteiger partial charge in [-0.3, -0.25) is 15.0 Å². The number of rotatable bonds is 6. The van der Waals surface area contributed by atoms with Crippen LogP contribution in [0.1, 0.15) is 54.0 Å². The van der Waals surface area contributed by atoms with E-state index in [1.807, 2.05) is 24.3 Å². The number of hydrogen-bond acceptors (Lipinski definition) is 5. The third-order valence-electron chi connectivity index (χ3n) is 4.34. The van der Waals surface area contributed by atoms with Crippen LogP contribution in [0.3, 0.4) is 0 Å². The molecule has 6 heteroatoms. The number of hydrogen-bond donors (Lipinski definition) is 1. The summed E-state index contributed by atoms with van der Waals surface area (Å²) < 4.78 is 0. The zero-order chi connectivity index (χ0) is 17.6. The van der Waals surface area contributed by atoms with Crippen LogP contribution in [0.5, 0.6) is 0 Å². The molecule has 1 amide bonds. The van der Waals surface area contributed by atoms with Gasteiger partial charge in [-0.1, -0.05) is 43.7 Å². The smallest absolute Gasteiger partial charge is 0.257 e. The van der Waals surface area contributed by atoms with Crippen LogP contribution in [0.15, 0.2) is 24.3 Å². The maximum atomic E-state index is 12.4. The Bertz CT molecular complexity index is 690. The van der Waals surface area contributed by atoms with Crippen LogP contribution in [-0.2, 0) is 13.0 Å². The number of carbonyl (C=O) groups is 1. The highest BCUT2D eigenvalue weighted by molar-refractivity contribution is 7.15. The molecule has 3 rings (SSSR count). The number of likely N-dealkylation sites (tertiary alicyclic amines) is 1. The molecule has 1 N–H and O–H groups in total. The van der Waals surface area contributed by atoms with Gasteiger partial charge >= 0.3 is 0 Å². The highest BCUT2D eigenvalue weighted by Gasteiger charge is 2.13. The van der Waals surface area contributed by atoms with Gasteiger partial charge in [-0.15, -0.1) is 10.2 Å². The highest BCUT2D eigenvalue weighted by atomic mass is 32.1. The molecule has 1 aromatic carbocycles. The fraction of sp³-hybridized carbons (Fsp3) is 0.526. The third-order valence-corrected chi connectivity index (χ3v) is 5.20. The summed E-state index contributed by atoms with van der Waals surface area (Å²) in [5, 5.41) is 12.6. The Morgan fingerprint density at radius 2 is 1.88 bits per heavy atom. The second-order valence-electron chi connectivity index (χ2n) is 7.09. The van der Waals surface area contributed by atoms with E-state index in [0.717, 1.165) is 18.0 Å². The van der Waals surface area contributed by atoms with E-state index in [9.17, 15) is 4.79 Å². The number of benzene rings is 1. The van der Waals surface area contributed by atoms with Crippen molar-refractivity contribution in [1.29, 1.82) is 0 Å². The summed E-state index contributed by atoms with van der Waals surface area (Å²) in [4.78, 5) is 14.8. The molecule has 0 aliphatic carbocycles. The number of aromatic nitrogens is 2.